The Kier molecular flexibility index (Phi) is 7.45. The third kappa shape index (κ3) is 5.29. The molecule has 1 aliphatic rings. The SMILES string of the molecule is C[C@H]1C[C@@H](c2ccncc2NC(=O)c2nc(-c3c(F)cccc3F)sc2N)C[C@@H](N)[C@H]1COC(N)=O. The van der Waals surface area contributed by atoms with Gasteiger partial charge in [0, 0.05) is 18.2 Å². The minimum Gasteiger partial charge on any atom is -0.449 e. The predicted octanol–water partition coefficient (Wildman–Crippen LogP) is 3.87. The first-order chi connectivity index (χ1) is 17.2. The molecule has 1 aromatic carbocycles. The molecule has 0 saturated heterocycles. The first kappa shape index (κ1) is 25.5. The fourth-order valence-electron chi connectivity index (χ4n) is 4.72. The van der Waals surface area contributed by atoms with Crippen molar-refractivity contribution < 1.29 is 23.1 Å². The zero-order valence-electron chi connectivity index (χ0n) is 19.4. The quantitative estimate of drug-likeness (QED) is 0.387. The van der Waals surface area contributed by atoms with Crippen molar-refractivity contribution >= 4 is 34.0 Å². The molecule has 1 saturated carbocycles. The Hall–Kier alpha value is -3.64. The van der Waals surface area contributed by atoms with Crippen molar-refractivity contribution in [2.45, 2.75) is 31.7 Å². The summed E-state index contributed by atoms with van der Waals surface area (Å²) in [6, 6.07) is 5.02. The number of nitrogens with two attached hydrogens (primary N) is 3. The van der Waals surface area contributed by atoms with Crippen LogP contribution in [-0.2, 0) is 4.74 Å². The van der Waals surface area contributed by atoms with E-state index in [-0.39, 0.29) is 51.7 Å². The van der Waals surface area contributed by atoms with E-state index in [0.29, 0.717) is 12.1 Å². The molecule has 2 amide bonds. The summed E-state index contributed by atoms with van der Waals surface area (Å²) in [4.78, 5) is 32.3. The second-order valence-electron chi connectivity index (χ2n) is 8.85. The topological polar surface area (TPSA) is 159 Å². The second kappa shape index (κ2) is 10.5. The van der Waals surface area contributed by atoms with Gasteiger partial charge in [0.15, 0.2) is 5.69 Å². The molecular weight excluding hydrogens is 490 g/mol. The van der Waals surface area contributed by atoms with Gasteiger partial charge in [-0.1, -0.05) is 24.3 Å². The third-order valence-electron chi connectivity index (χ3n) is 6.50. The number of ether oxygens (including phenoxy) is 1. The summed E-state index contributed by atoms with van der Waals surface area (Å²) >= 11 is 0.823. The summed E-state index contributed by atoms with van der Waals surface area (Å²) in [5, 5.41) is 2.79. The molecule has 2 heterocycles. The average molecular weight is 517 g/mol. The van der Waals surface area contributed by atoms with E-state index in [4.69, 9.17) is 21.9 Å². The van der Waals surface area contributed by atoms with Crippen molar-refractivity contribution in [2.24, 2.45) is 23.3 Å². The Morgan fingerprint density at radius 1 is 1.22 bits per heavy atom. The van der Waals surface area contributed by atoms with Gasteiger partial charge in [-0.2, -0.15) is 0 Å². The van der Waals surface area contributed by atoms with E-state index in [0.717, 1.165) is 35.5 Å². The van der Waals surface area contributed by atoms with E-state index in [1.165, 1.54) is 12.3 Å². The molecule has 0 bridgehead atoms. The molecule has 12 heteroatoms. The fraction of sp³-hybridized carbons (Fsp3) is 0.333. The summed E-state index contributed by atoms with van der Waals surface area (Å²) < 4.78 is 33.4. The van der Waals surface area contributed by atoms with E-state index < -0.39 is 23.6 Å². The molecule has 4 atom stereocenters. The normalized spacial score (nSPS) is 21.7. The molecule has 36 heavy (non-hydrogen) atoms. The number of nitrogens with one attached hydrogen (secondary N) is 1. The molecule has 1 aliphatic carbocycles. The highest BCUT2D eigenvalue weighted by atomic mass is 32.1. The molecule has 3 aromatic rings. The number of hydrogen-bond donors (Lipinski definition) is 4. The highest BCUT2D eigenvalue weighted by Crippen LogP contribution is 2.41. The van der Waals surface area contributed by atoms with Crippen molar-refractivity contribution in [3.05, 3.63) is 59.6 Å². The van der Waals surface area contributed by atoms with Gasteiger partial charge >= 0.3 is 6.09 Å². The summed E-state index contributed by atoms with van der Waals surface area (Å²) in [6.07, 6.45) is 3.64. The molecule has 0 spiro atoms. The molecule has 0 radical (unpaired) electrons. The van der Waals surface area contributed by atoms with Crippen molar-refractivity contribution in [3.63, 3.8) is 0 Å². The largest absolute Gasteiger partial charge is 0.449 e. The summed E-state index contributed by atoms with van der Waals surface area (Å²) in [7, 11) is 0. The number of hydrogen-bond acceptors (Lipinski definition) is 8. The van der Waals surface area contributed by atoms with Gasteiger partial charge in [-0.3, -0.25) is 9.78 Å². The van der Waals surface area contributed by atoms with Crippen LogP contribution in [0.25, 0.3) is 10.6 Å². The van der Waals surface area contributed by atoms with Gasteiger partial charge in [-0.15, -0.1) is 0 Å². The number of nitrogens with zero attached hydrogens (tertiary/aromatic N) is 2. The molecule has 4 rings (SSSR count). The molecule has 7 N–H and O–H groups in total. The lowest BCUT2D eigenvalue weighted by atomic mass is 9.70. The molecule has 2 aromatic heterocycles. The average Bonchev–Trinajstić information content (AvgIpc) is 3.19. The van der Waals surface area contributed by atoms with Crippen LogP contribution >= 0.6 is 11.3 Å². The third-order valence-corrected chi connectivity index (χ3v) is 7.40. The molecule has 0 aliphatic heterocycles. The van der Waals surface area contributed by atoms with Gasteiger partial charge in [0.1, 0.15) is 21.6 Å². The number of rotatable bonds is 6. The number of halogens is 2. The highest BCUT2D eigenvalue weighted by molar-refractivity contribution is 7.19. The number of amides is 2. The minimum atomic E-state index is -0.835. The number of primary amides is 1. The fourth-order valence-corrected chi connectivity index (χ4v) is 5.59. The minimum absolute atomic E-state index is 0.00832. The smallest absolute Gasteiger partial charge is 0.404 e. The Labute approximate surface area is 210 Å². The number of nitrogen functional groups attached to an aromatic ring is 1. The molecule has 190 valence electrons. The summed E-state index contributed by atoms with van der Waals surface area (Å²) in [6.45, 7) is 2.18. The van der Waals surface area contributed by atoms with Gasteiger partial charge in [0.05, 0.1) is 24.1 Å². The van der Waals surface area contributed by atoms with Gasteiger partial charge in [0.25, 0.3) is 5.91 Å². The highest BCUT2D eigenvalue weighted by Gasteiger charge is 2.36. The van der Waals surface area contributed by atoms with Crippen LogP contribution in [0, 0.1) is 23.5 Å². The second-order valence-corrected chi connectivity index (χ2v) is 9.88. The molecule has 9 nitrogen and oxygen atoms in total. The number of pyridine rings is 1. The summed E-state index contributed by atoms with van der Waals surface area (Å²) in [5.41, 5.74) is 18.3. The number of benzene rings is 1. The number of thiazole rings is 1. The van der Waals surface area contributed by atoms with Crippen molar-refractivity contribution in [2.75, 3.05) is 17.7 Å². The lowest BCUT2D eigenvalue weighted by Crippen LogP contribution is -2.43. The van der Waals surface area contributed by atoms with E-state index in [1.807, 2.05) is 13.0 Å². The Morgan fingerprint density at radius 2 is 1.94 bits per heavy atom. The van der Waals surface area contributed by atoms with Gasteiger partial charge < -0.3 is 27.3 Å². The maximum Gasteiger partial charge on any atom is 0.404 e. The molecule has 0 unspecified atom stereocenters. The van der Waals surface area contributed by atoms with Crippen molar-refractivity contribution in [1.29, 1.82) is 0 Å². The Bertz CT molecular complexity index is 1250. The van der Waals surface area contributed by atoms with Crippen LogP contribution in [0.4, 0.5) is 24.3 Å². The van der Waals surface area contributed by atoms with E-state index in [1.54, 1.807) is 6.20 Å². The number of aromatic nitrogens is 2. The predicted molar refractivity (Wildman–Crippen MR) is 132 cm³/mol. The zero-order chi connectivity index (χ0) is 26.0. The van der Waals surface area contributed by atoms with Crippen LogP contribution in [-0.4, -0.2) is 34.6 Å². The van der Waals surface area contributed by atoms with Crippen LogP contribution in [0.1, 0.15) is 41.7 Å². The van der Waals surface area contributed by atoms with Crippen LogP contribution in [0.5, 0.6) is 0 Å². The Balaban J connectivity index is 1.54. The van der Waals surface area contributed by atoms with Gasteiger partial charge in [-0.25, -0.2) is 18.6 Å². The lowest BCUT2D eigenvalue weighted by Gasteiger charge is -2.39. The van der Waals surface area contributed by atoms with Crippen molar-refractivity contribution in [3.8, 4) is 10.6 Å². The van der Waals surface area contributed by atoms with E-state index in [9.17, 15) is 18.4 Å². The number of anilines is 2. The lowest BCUT2D eigenvalue weighted by molar-refractivity contribution is 0.0872. The number of carbonyl (C=O) groups is 2. The maximum atomic E-state index is 14.2. The summed E-state index contributed by atoms with van der Waals surface area (Å²) in [5.74, 6) is -2.13. The van der Waals surface area contributed by atoms with E-state index >= 15 is 0 Å². The standard InChI is InChI=1S/C24H26F2N6O3S/c1-11-7-12(8-17(27)14(11)10-35-24(29)34)13-5-6-30-9-18(13)31-22(33)20-21(28)36-23(32-20)19-15(25)3-2-4-16(19)26/h2-6,9,11-12,14,17H,7-8,10,27-28H2,1H3,(H2,29,34)(H,31,33)/t11-,12+,14-,17+/m0/s1. The van der Waals surface area contributed by atoms with Crippen LogP contribution in [0.3, 0.4) is 0 Å². The monoisotopic (exact) mass is 516 g/mol. The zero-order valence-corrected chi connectivity index (χ0v) is 20.2. The van der Waals surface area contributed by atoms with Crippen LogP contribution in [0.15, 0.2) is 36.7 Å². The maximum absolute atomic E-state index is 14.2. The molecular formula is C24H26F2N6O3S. The van der Waals surface area contributed by atoms with Crippen LogP contribution in [0.2, 0.25) is 0 Å². The first-order valence-electron chi connectivity index (χ1n) is 11.3. The molecule has 1 fully saturated rings. The Morgan fingerprint density at radius 3 is 2.61 bits per heavy atom. The van der Waals surface area contributed by atoms with E-state index in [2.05, 4.69) is 15.3 Å². The van der Waals surface area contributed by atoms with Crippen LogP contribution < -0.4 is 22.5 Å². The van der Waals surface area contributed by atoms with Crippen molar-refractivity contribution in [1.82, 2.24) is 9.97 Å². The first-order valence-corrected chi connectivity index (χ1v) is 12.1. The van der Waals surface area contributed by atoms with Gasteiger partial charge in [0.2, 0.25) is 0 Å². The van der Waals surface area contributed by atoms with Gasteiger partial charge in [-0.05, 0) is 48.4 Å². The number of carbonyl (C=O) groups excluding carboxylic acids is 2.